The number of pyridine rings is 1. The number of nitrogens with one attached hydrogen (secondary N) is 1. The zero-order valence-electron chi connectivity index (χ0n) is 18.7. The summed E-state index contributed by atoms with van der Waals surface area (Å²) in [4.78, 5) is 22.6. The topological polar surface area (TPSA) is 94.3 Å². The Labute approximate surface area is 210 Å². The van der Waals surface area contributed by atoms with Crippen LogP contribution < -0.4 is 5.56 Å². The summed E-state index contributed by atoms with van der Waals surface area (Å²) >= 11 is 8.01. The van der Waals surface area contributed by atoms with Gasteiger partial charge in [0.1, 0.15) is 12.2 Å². The molecule has 0 fully saturated rings. The van der Waals surface area contributed by atoms with E-state index in [9.17, 15) is 4.79 Å². The van der Waals surface area contributed by atoms with Crippen LogP contribution in [0.3, 0.4) is 0 Å². The van der Waals surface area contributed by atoms with Crippen molar-refractivity contribution in [2.24, 2.45) is 0 Å². The number of imidazole rings is 1. The molecule has 4 heterocycles. The number of hydrogen-bond donors (Lipinski definition) is 1. The van der Waals surface area contributed by atoms with Gasteiger partial charge in [-0.2, -0.15) is 4.68 Å². The van der Waals surface area contributed by atoms with Crippen LogP contribution in [0.2, 0.25) is 5.02 Å². The van der Waals surface area contributed by atoms with E-state index in [-0.39, 0.29) is 11.6 Å². The second kappa shape index (κ2) is 8.83. The van der Waals surface area contributed by atoms with E-state index in [1.165, 1.54) is 11.2 Å². The molecule has 0 saturated heterocycles. The molecule has 1 atom stereocenters. The fourth-order valence-corrected chi connectivity index (χ4v) is 5.22. The van der Waals surface area contributed by atoms with E-state index >= 15 is 0 Å². The summed E-state index contributed by atoms with van der Waals surface area (Å²) in [6.07, 6.45) is 6.99. The van der Waals surface area contributed by atoms with Crippen LogP contribution in [0.5, 0.6) is 0 Å². The number of halogens is 1. The molecule has 35 heavy (non-hydrogen) atoms. The van der Waals surface area contributed by atoms with Crippen molar-refractivity contribution < 1.29 is 0 Å². The van der Waals surface area contributed by atoms with Gasteiger partial charge in [0.2, 0.25) is 0 Å². The van der Waals surface area contributed by atoms with Gasteiger partial charge in [-0.05, 0) is 77.0 Å². The van der Waals surface area contributed by atoms with Crippen LogP contribution in [0.25, 0.3) is 28.1 Å². The molecule has 2 aromatic carbocycles. The highest BCUT2D eigenvalue weighted by Crippen LogP contribution is 2.34. The Hall–Kier alpha value is -3.69. The largest absolute Gasteiger partial charge is 0.340 e. The van der Waals surface area contributed by atoms with Crippen molar-refractivity contribution in [1.29, 1.82) is 0 Å². The predicted molar refractivity (Wildman–Crippen MR) is 136 cm³/mol. The summed E-state index contributed by atoms with van der Waals surface area (Å²) in [5.74, 6) is 0.791. The van der Waals surface area contributed by atoms with E-state index in [0.717, 1.165) is 52.4 Å². The monoisotopic (exact) mass is 501 g/mol. The van der Waals surface area contributed by atoms with Crippen LogP contribution in [0, 0.1) is 0 Å². The number of thioether (sulfide) groups is 1. The molecular formula is C25H20ClN7OS. The van der Waals surface area contributed by atoms with E-state index < -0.39 is 0 Å². The van der Waals surface area contributed by atoms with Gasteiger partial charge in [-0.25, -0.2) is 4.98 Å². The Bertz CT molecular complexity index is 1570. The molecule has 1 aliphatic rings. The highest BCUT2D eigenvalue weighted by atomic mass is 35.5. The minimum absolute atomic E-state index is 0.0788. The second-order valence-electron chi connectivity index (χ2n) is 8.32. The number of tetrazole rings is 1. The minimum Gasteiger partial charge on any atom is -0.340 e. The van der Waals surface area contributed by atoms with Crippen LogP contribution in [0.4, 0.5) is 0 Å². The van der Waals surface area contributed by atoms with Crippen molar-refractivity contribution in [2.75, 3.05) is 6.26 Å². The normalized spacial score (nSPS) is 14.9. The SMILES string of the molecule is CSc1ccc(-c2cnc([C@@H]3CCc4cc(-c5cc(Cl)ccc5-n5cnnn5)cc(=O)n43)[nH]2)cc1. The zero-order chi connectivity index (χ0) is 23.9. The number of aromatic nitrogens is 7. The van der Waals surface area contributed by atoms with Gasteiger partial charge in [0.25, 0.3) is 5.56 Å². The predicted octanol–water partition coefficient (Wildman–Crippen LogP) is 4.79. The number of nitrogens with zero attached hydrogens (tertiary/aromatic N) is 6. The summed E-state index contributed by atoms with van der Waals surface area (Å²) in [5.41, 5.74) is 5.22. The van der Waals surface area contributed by atoms with Crippen LogP contribution in [-0.4, -0.2) is 41.0 Å². The van der Waals surface area contributed by atoms with E-state index in [0.29, 0.717) is 5.02 Å². The van der Waals surface area contributed by atoms with Crippen molar-refractivity contribution in [3.05, 3.63) is 94.0 Å². The maximum atomic E-state index is 13.4. The Kier molecular flexibility index (Phi) is 5.50. The fraction of sp³-hybridized carbons (Fsp3) is 0.160. The summed E-state index contributed by atoms with van der Waals surface area (Å²) in [5, 5.41) is 12.0. The van der Waals surface area contributed by atoms with Gasteiger partial charge in [0.05, 0.1) is 23.6 Å². The third-order valence-electron chi connectivity index (χ3n) is 6.31. The maximum Gasteiger partial charge on any atom is 0.252 e. The number of aryl methyl sites for hydroxylation is 1. The summed E-state index contributed by atoms with van der Waals surface area (Å²) in [6, 6.07) is 17.4. The van der Waals surface area contributed by atoms with E-state index in [2.05, 4.69) is 56.0 Å². The summed E-state index contributed by atoms with van der Waals surface area (Å²) < 4.78 is 3.40. The molecule has 10 heteroatoms. The first-order valence-electron chi connectivity index (χ1n) is 11.1. The average molecular weight is 502 g/mol. The Morgan fingerprint density at radius 3 is 2.71 bits per heavy atom. The molecule has 0 aliphatic carbocycles. The molecule has 0 bridgehead atoms. The number of aromatic amines is 1. The first kappa shape index (κ1) is 21.8. The molecule has 0 amide bonds. The molecule has 0 unspecified atom stereocenters. The number of rotatable bonds is 5. The second-order valence-corrected chi connectivity index (χ2v) is 9.64. The van der Waals surface area contributed by atoms with Crippen LogP contribution >= 0.6 is 23.4 Å². The van der Waals surface area contributed by atoms with Crippen molar-refractivity contribution in [3.63, 3.8) is 0 Å². The molecule has 0 spiro atoms. The molecule has 0 radical (unpaired) electrons. The number of H-pyrrole nitrogens is 1. The summed E-state index contributed by atoms with van der Waals surface area (Å²) in [6.45, 7) is 0. The Morgan fingerprint density at radius 2 is 1.94 bits per heavy atom. The quantitative estimate of drug-likeness (QED) is 0.348. The number of benzene rings is 2. The fourth-order valence-electron chi connectivity index (χ4n) is 4.64. The highest BCUT2D eigenvalue weighted by molar-refractivity contribution is 7.98. The molecule has 1 aliphatic heterocycles. The molecule has 5 aromatic rings. The van der Waals surface area contributed by atoms with E-state index in [4.69, 9.17) is 11.6 Å². The first-order valence-corrected chi connectivity index (χ1v) is 12.7. The lowest BCUT2D eigenvalue weighted by Gasteiger charge is -2.15. The van der Waals surface area contributed by atoms with Gasteiger partial charge in [-0.1, -0.05) is 23.7 Å². The molecule has 1 N–H and O–H groups in total. The lowest BCUT2D eigenvalue weighted by molar-refractivity contribution is 0.572. The first-order chi connectivity index (χ1) is 17.1. The lowest BCUT2D eigenvalue weighted by Crippen LogP contribution is -2.23. The Balaban J connectivity index is 1.37. The molecule has 174 valence electrons. The molecule has 3 aromatic heterocycles. The minimum atomic E-state index is -0.135. The third-order valence-corrected chi connectivity index (χ3v) is 7.29. The van der Waals surface area contributed by atoms with Crippen LogP contribution in [-0.2, 0) is 6.42 Å². The van der Waals surface area contributed by atoms with Crippen molar-refractivity contribution >= 4 is 23.4 Å². The van der Waals surface area contributed by atoms with Crippen molar-refractivity contribution in [3.8, 4) is 28.1 Å². The van der Waals surface area contributed by atoms with Gasteiger partial charge in [-0.3, -0.25) is 4.79 Å². The average Bonchev–Trinajstić information content (AvgIpc) is 3.65. The van der Waals surface area contributed by atoms with Gasteiger partial charge in [-0.15, -0.1) is 16.9 Å². The van der Waals surface area contributed by atoms with Crippen LogP contribution in [0.15, 0.2) is 76.8 Å². The van der Waals surface area contributed by atoms with Gasteiger partial charge >= 0.3 is 0 Å². The van der Waals surface area contributed by atoms with E-state index in [1.807, 2.05) is 29.0 Å². The van der Waals surface area contributed by atoms with E-state index in [1.54, 1.807) is 28.6 Å². The molecule has 0 saturated carbocycles. The highest BCUT2D eigenvalue weighted by Gasteiger charge is 2.28. The molecular weight excluding hydrogens is 482 g/mol. The smallest absolute Gasteiger partial charge is 0.252 e. The maximum absolute atomic E-state index is 13.4. The standard InChI is InChI=1S/C25H20ClN7OS/c1-35-19-6-2-15(3-7-19)21-13-27-25(29-21)23-9-5-18-10-16(11-24(34)33(18)23)20-12-17(26)4-8-22(20)32-14-28-30-31-32/h2-4,6-8,10-14,23H,5,9H2,1H3,(H,27,29)/t23-/m0/s1. The number of fused-ring (bicyclic) bond motifs is 1. The third kappa shape index (κ3) is 3.96. The van der Waals surface area contributed by atoms with Crippen LogP contribution in [0.1, 0.15) is 24.0 Å². The molecule has 8 nitrogen and oxygen atoms in total. The van der Waals surface area contributed by atoms with Gasteiger partial charge < -0.3 is 9.55 Å². The Morgan fingerprint density at radius 1 is 1.09 bits per heavy atom. The number of hydrogen-bond acceptors (Lipinski definition) is 6. The van der Waals surface area contributed by atoms with Crippen molar-refractivity contribution in [1.82, 2.24) is 34.7 Å². The van der Waals surface area contributed by atoms with Gasteiger partial charge in [0.15, 0.2) is 0 Å². The van der Waals surface area contributed by atoms with Gasteiger partial charge in [0, 0.05) is 27.2 Å². The molecule has 6 rings (SSSR count). The zero-order valence-corrected chi connectivity index (χ0v) is 20.3. The van der Waals surface area contributed by atoms with Crippen molar-refractivity contribution in [2.45, 2.75) is 23.8 Å². The summed E-state index contributed by atoms with van der Waals surface area (Å²) in [7, 11) is 0. The lowest BCUT2D eigenvalue weighted by atomic mass is 10.0.